The van der Waals surface area contributed by atoms with Gasteiger partial charge in [0.1, 0.15) is 0 Å². The first-order chi connectivity index (χ1) is 15.6. The molecule has 1 aromatic rings. The number of nitrogens with zero attached hydrogens (tertiary/aromatic N) is 1. The Balaban J connectivity index is 0.000000505. The van der Waals surface area contributed by atoms with Crippen molar-refractivity contribution in [2.45, 2.75) is 97.4 Å². The number of hydrogen-bond acceptors (Lipinski definition) is 2. The predicted octanol–water partition coefficient (Wildman–Crippen LogP) is 8.88. The topological polar surface area (TPSA) is 33.6 Å². The number of aryl methyl sites for hydroxylation is 1. The minimum atomic E-state index is -1.62. The van der Waals surface area contributed by atoms with Gasteiger partial charge in [0.05, 0.1) is 25.4 Å². The van der Waals surface area contributed by atoms with Crippen LogP contribution in [0.15, 0.2) is 29.3 Å². The van der Waals surface area contributed by atoms with Crippen LogP contribution < -0.4 is 5.09 Å². The first kappa shape index (κ1) is 31.5. The molecule has 0 bridgehead atoms. The fourth-order valence-corrected chi connectivity index (χ4v) is 6.45. The zero-order valence-corrected chi connectivity index (χ0v) is 25.6. The van der Waals surface area contributed by atoms with Crippen molar-refractivity contribution in [2.75, 3.05) is 6.61 Å². The molecule has 1 saturated heterocycles. The van der Waals surface area contributed by atoms with E-state index in [2.05, 4.69) is 70.9 Å². The molecule has 0 aromatic heterocycles. The van der Waals surface area contributed by atoms with Crippen molar-refractivity contribution in [2.24, 2.45) is 10.9 Å². The Morgan fingerprint density at radius 1 is 1.06 bits per heavy atom. The van der Waals surface area contributed by atoms with Crippen LogP contribution in [-0.4, -0.2) is 29.8 Å². The van der Waals surface area contributed by atoms with Gasteiger partial charge in [0.2, 0.25) is 0 Å². The molecule has 190 valence electrons. The monoisotopic (exact) mass is 575 g/mol. The van der Waals surface area contributed by atoms with Gasteiger partial charge in [-0.3, -0.25) is 4.99 Å². The molecule has 1 aliphatic carbocycles. The Morgan fingerprint density at radius 3 is 2.06 bits per heavy atom. The van der Waals surface area contributed by atoms with Crippen LogP contribution in [0.5, 0.6) is 0 Å². The van der Waals surface area contributed by atoms with E-state index in [0.29, 0.717) is 23.3 Å². The first-order valence-electron chi connectivity index (χ1n) is 12.1. The third-order valence-corrected chi connectivity index (χ3v) is 8.91. The summed E-state index contributed by atoms with van der Waals surface area (Å²) in [4.78, 5) is 5.25. The van der Waals surface area contributed by atoms with Crippen LogP contribution in [-0.2, 0) is 16.1 Å². The van der Waals surface area contributed by atoms with Crippen LogP contribution in [0.25, 0.3) is 0 Å². The third-order valence-electron chi connectivity index (χ3n) is 5.89. The van der Waals surface area contributed by atoms with Crippen LogP contribution in [0.2, 0.25) is 0 Å². The molecule has 0 radical (unpaired) electrons. The second kappa shape index (κ2) is 17.8. The SMILES string of the molecule is Cc1ccc(C(=NC2CCCCC2C)N[PH+](C(C)C)C(C)C)cc1.[CH-]1CCCO1.[Cl][Cr+]([Cl])[Cl]. The fraction of sp³-hybridized carbons (Fsp3) is 0.680. The molecule has 33 heavy (non-hydrogen) atoms. The van der Waals surface area contributed by atoms with Gasteiger partial charge >= 0.3 is 41.5 Å². The van der Waals surface area contributed by atoms with E-state index in [1.165, 1.54) is 43.2 Å². The number of amidine groups is 1. The maximum atomic E-state index is 5.25. The number of hydrogen-bond donors (Lipinski definition) is 1. The molecule has 0 amide bonds. The molecular formula is C25H43Cl3CrN2OP+. The van der Waals surface area contributed by atoms with E-state index < -0.39 is 19.5 Å². The fourth-order valence-electron chi connectivity index (χ4n) is 4.05. The van der Waals surface area contributed by atoms with Gasteiger partial charge in [-0.15, -0.1) is 0 Å². The quantitative estimate of drug-likeness (QED) is 0.164. The molecule has 1 aliphatic heterocycles. The van der Waals surface area contributed by atoms with Gasteiger partial charge < -0.3 is 4.74 Å². The molecule has 0 spiro atoms. The van der Waals surface area contributed by atoms with Gasteiger partial charge in [0, 0.05) is 12.2 Å². The summed E-state index contributed by atoms with van der Waals surface area (Å²) in [6, 6.07) is 9.34. The van der Waals surface area contributed by atoms with Crippen LogP contribution in [0.3, 0.4) is 0 Å². The summed E-state index contributed by atoms with van der Waals surface area (Å²) < 4.78 is 4.82. The van der Waals surface area contributed by atoms with Crippen molar-refractivity contribution in [3.63, 3.8) is 0 Å². The molecule has 1 N–H and O–H groups in total. The van der Waals surface area contributed by atoms with Gasteiger partial charge in [-0.1, -0.05) is 56.0 Å². The summed E-state index contributed by atoms with van der Waals surface area (Å²) >= 11 is -1.62. The summed E-state index contributed by atoms with van der Waals surface area (Å²) in [6.07, 6.45) is 7.63. The summed E-state index contributed by atoms with van der Waals surface area (Å²) in [5.74, 6) is 1.85. The average Bonchev–Trinajstić information content (AvgIpc) is 3.32. The van der Waals surface area contributed by atoms with Gasteiger partial charge in [-0.2, -0.15) is 6.42 Å². The Hall–Kier alpha value is 0.482. The number of ether oxygens (including phenoxy) is 1. The normalized spacial score (nSPS) is 21.1. The van der Waals surface area contributed by atoms with E-state index in [9.17, 15) is 0 Å². The van der Waals surface area contributed by atoms with Crippen LogP contribution in [0.1, 0.15) is 84.3 Å². The number of nitrogens with one attached hydrogen (secondary N) is 1. The minimum absolute atomic E-state index is 0.477. The predicted molar refractivity (Wildman–Crippen MR) is 148 cm³/mol. The van der Waals surface area contributed by atoms with Crippen molar-refractivity contribution in [3.05, 3.63) is 42.0 Å². The molecular weight excluding hydrogens is 534 g/mol. The Bertz CT molecular complexity index is 652. The molecule has 1 saturated carbocycles. The van der Waals surface area contributed by atoms with Crippen LogP contribution in [0.4, 0.5) is 0 Å². The van der Waals surface area contributed by atoms with Crippen LogP contribution >= 0.6 is 38.2 Å². The van der Waals surface area contributed by atoms with Crippen molar-refractivity contribution in [3.8, 4) is 0 Å². The average molecular weight is 577 g/mol. The number of benzene rings is 1. The van der Waals surface area contributed by atoms with E-state index >= 15 is 0 Å². The Kier molecular flexibility index (Phi) is 17.0. The zero-order chi connectivity index (χ0) is 24.8. The number of rotatable bonds is 5. The van der Waals surface area contributed by atoms with Gasteiger partial charge in [-0.25, -0.2) is 11.7 Å². The maximum absolute atomic E-state index is 5.25. The zero-order valence-electron chi connectivity index (χ0n) is 21.0. The number of aliphatic imine (C=N–C) groups is 1. The van der Waals surface area contributed by atoms with Crippen molar-refractivity contribution in [1.82, 2.24) is 5.09 Å². The second-order valence-corrected chi connectivity index (χ2v) is 19.2. The first-order valence-corrected chi connectivity index (χ1v) is 19.0. The Morgan fingerprint density at radius 2 is 1.64 bits per heavy atom. The number of halogens is 3. The standard InChI is InChI=1S/C21H35N2P.C4H7O.3ClH.Cr/c1-15(2)24(16(3)4)23-21(19-13-11-17(5)12-14-19)22-20-10-8-7-9-18(20)6;1-2-4-5-3-1;;;;/h11-16,18,20H,7-10H2,1-6H3,(H,22,23);3H,1-2,4H2;3*1H;/q;-1;;;;+4/p-2. The molecule has 3 nitrogen and oxygen atoms in total. The molecule has 3 rings (SSSR count). The molecule has 1 heterocycles. The van der Waals surface area contributed by atoms with Gasteiger partial charge in [0.25, 0.3) is 0 Å². The Labute approximate surface area is 221 Å². The second-order valence-electron chi connectivity index (χ2n) is 9.42. The van der Waals surface area contributed by atoms with E-state index in [1.54, 1.807) is 0 Å². The van der Waals surface area contributed by atoms with Gasteiger partial charge in [-0.05, 0) is 53.4 Å². The van der Waals surface area contributed by atoms with Crippen molar-refractivity contribution in [1.29, 1.82) is 0 Å². The molecule has 2 fully saturated rings. The van der Waals surface area contributed by atoms with Gasteiger partial charge in [0.15, 0.2) is 5.84 Å². The van der Waals surface area contributed by atoms with Crippen LogP contribution in [0, 0.1) is 19.4 Å². The molecule has 2 unspecified atom stereocenters. The van der Waals surface area contributed by atoms with E-state index in [4.69, 9.17) is 39.9 Å². The van der Waals surface area contributed by atoms with E-state index in [1.807, 2.05) is 6.61 Å². The van der Waals surface area contributed by atoms with Crippen molar-refractivity contribution >= 4 is 44.1 Å². The molecule has 8 heteroatoms. The summed E-state index contributed by atoms with van der Waals surface area (Å²) in [6.45, 7) is 16.7. The molecule has 1 aromatic carbocycles. The summed E-state index contributed by atoms with van der Waals surface area (Å²) in [5, 5.41) is 3.91. The summed E-state index contributed by atoms with van der Waals surface area (Å²) in [7, 11) is 14.1. The van der Waals surface area contributed by atoms with Crippen molar-refractivity contribution < 1.29 is 16.1 Å². The summed E-state index contributed by atoms with van der Waals surface area (Å²) in [5.41, 5.74) is 3.94. The van der Waals surface area contributed by atoms with E-state index in [-0.39, 0.29) is 0 Å². The third kappa shape index (κ3) is 14.0. The molecule has 2 atom stereocenters. The molecule has 2 aliphatic rings. The van der Waals surface area contributed by atoms with E-state index in [0.717, 1.165) is 18.9 Å².